The highest BCUT2D eigenvalue weighted by Crippen LogP contribution is 2.22. The van der Waals surface area contributed by atoms with E-state index in [2.05, 4.69) is 24.0 Å². The first kappa shape index (κ1) is 9.41. The van der Waals surface area contributed by atoms with Gasteiger partial charge in [0.2, 0.25) is 0 Å². The van der Waals surface area contributed by atoms with Crippen LogP contribution in [0.5, 0.6) is 0 Å². The third kappa shape index (κ3) is 1.85. The van der Waals surface area contributed by atoms with Crippen molar-refractivity contribution >= 4 is 5.78 Å². The fourth-order valence-corrected chi connectivity index (χ4v) is 1.93. The van der Waals surface area contributed by atoms with Crippen molar-refractivity contribution in [3.05, 3.63) is 35.9 Å². The minimum Gasteiger partial charge on any atom is -0.298 e. The number of benzene rings is 1. The molecule has 0 unspecified atom stereocenters. The minimum absolute atomic E-state index is 0.364. The highest BCUT2D eigenvalue weighted by atomic mass is 16.1. The maximum atomic E-state index is 11.1. The van der Waals surface area contributed by atoms with Gasteiger partial charge >= 0.3 is 0 Å². The summed E-state index contributed by atoms with van der Waals surface area (Å²) in [6.45, 7) is 3.69. The second-order valence-corrected chi connectivity index (χ2v) is 3.85. The average Bonchev–Trinajstić information content (AvgIpc) is 2.65. The van der Waals surface area contributed by atoms with E-state index in [0.29, 0.717) is 18.4 Å². The Morgan fingerprint density at radius 3 is 2.57 bits per heavy atom. The van der Waals surface area contributed by atoms with Crippen LogP contribution in [0.25, 0.3) is 0 Å². The standard InChI is InChI=1S/C12H15NO/c1-10(11-5-3-2-4-6-11)13-8-7-12(14)9-13/h2-6,10H,7-9H2,1H3/t10-/m1/s1. The highest BCUT2D eigenvalue weighted by molar-refractivity contribution is 5.82. The number of Topliss-reactive ketones (excluding diaryl/α,β-unsaturated/α-hetero) is 1. The Balaban J connectivity index is 2.09. The molecule has 2 heteroatoms. The quantitative estimate of drug-likeness (QED) is 0.709. The Hall–Kier alpha value is -1.15. The van der Waals surface area contributed by atoms with Gasteiger partial charge in [0.15, 0.2) is 0 Å². The molecular weight excluding hydrogens is 174 g/mol. The zero-order chi connectivity index (χ0) is 9.97. The van der Waals surface area contributed by atoms with Gasteiger partial charge in [0, 0.05) is 19.0 Å². The van der Waals surface area contributed by atoms with Crippen LogP contribution < -0.4 is 0 Å². The van der Waals surface area contributed by atoms with Crippen LogP contribution in [0.1, 0.15) is 24.9 Å². The Morgan fingerprint density at radius 1 is 1.29 bits per heavy atom. The van der Waals surface area contributed by atoms with E-state index in [-0.39, 0.29) is 0 Å². The van der Waals surface area contributed by atoms with E-state index in [1.165, 1.54) is 5.56 Å². The first-order valence-electron chi connectivity index (χ1n) is 5.08. The third-order valence-corrected chi connectivity index (χ3v) is 2.89. The molecule has 0 aromatic heterocycles. The lowest BCUT2D eigenvalue weighted by Gasteiger charge is -2.23. The van der Waals surface area contributed by atoms with Crippen molar-refractivity contribution in [2.75, 3.05) is 13.1 Å². The summed E-state index contributed by atoms with van der Waals surface area (Å²) in [5, 5.41) is 0. The van der Waals surface area contributed by atoms with E-state index < -0.39 is 0 Å². The molecule has 0 bridgehead atoms. The molecule has 2 rings (SSSR count). The van der Waals surface area contributed by atoms with Crippen molar-refractivity contribution in [3.63, 3.8) is 0 Å². The molecule has 1 aliphatic rings. The summed E-state index contributed by atoms with van der Waals surface area (Å²) in [4.78, 5) is 13.4. The molecule has 1 aliphatic heterocycles. The van der Waals surface area contributed by atoms with Gasteiger partial charge in [-0.15, -0.1) is 0 Å². The number of ketones is 1. The summed E-state index contributed by atoms with van der Waals surface area (Å²) < 4.78 is 0. The molecule has 1 aromatic carbocycles. The monoisotopic (exact) mass is 189 g/mol. The van der Waals surface area contributed by atoms with Crippen molar-refractivity contribution < 1.29 is 4.79 Å². The van der Waals surface area contributed by atoms with Crippen molar-refractivity contribution in [2.45, 2.75) is 19.4 Å². The van der Waals surface area contributed by atoms with Gasteiger partial charge in [-0.1, -0.05) is 30.3 Å². The molecule has 1 saturated heterocycles. The summed E-state index contributed by atoms with van der Waals surface area (Å²) >= 11 is 0. The molecule has 2 nitrogen and oxygen atoms in total. The number of rotatable bonds is 2. The van der Waals surface area contributed by atoms with E-state index >= 15 is 0 Å². The van der Waals surface area contributed by atoms with Crippen LogP contribution in [0, 0.1) is 0 Å². The summed E-state index contributed by atoms with van der Waals surface area (Å²) in [5.41, 5.74) is 1.29. The first-order valence-corrected chi connectivity index (χ1v) is 5.08. The first-order chi connectivity index (χ1) is 6.77. The molecule has 0 radical (unpaired) electrons. The number of hydrogen-bond donors (Lipinski definition) is 0. The lowest BCUT2D eigenvalue weighted by Crippen LogP contribution is -2.24. The fraction of sp³-hybridized carbons (Fsp3) is 0.417. The molecular formula is C12H15NO. The zero-order valence-electron chi connectivity index (χ0n) is 8.44. The molecule has 0 amide bonds. The molecule has 1 aromatic rings. The summed E-state index contributed by atoms with van der Waals surface area (Å²) in [6.07, 6.45) is 0.719. The Bertz CT molecular complexity index is 320. The molecule has 0 saturated carbocycles. The van der Waals surface area contributed by atoms with Crippen LogP contribution in [-0.4, -0.2) is 23.8 Å². The Kier molecular flexibility index (Phi) is 2.64. The maximum absolute atomic E-state index is 11.1. The predicted octanol–water partition coefficient (Wildman–Crippen LogP) is 2.02. The smallest absolute Gasteiger partial charge is 0.148 e. The van der Waals surface area contributed by atoms with E-state index in [1.807, 2.05) is 18.2 Å². The minimum atomic E-state index is 0.364. The number of carbonyl (C=O) groups is 1. The van der Waals surface area contributed by atoms with Crippen molar-refractivity contribution in [1.29, 1.82) is 0 Å². The van der Waals surface area contributed by atoms with Gasteiger partial charge in [-0.2, -0.15) is 0 Å². The highest BCUT2D eigenvalue weighted by Gasteiger charge is 2.24. The van der Waals surface area contributed by atoms with Crippen molar-refractivity contribution in [1.82, 2.24) is 4.90 Å². The number of hydrogen-bond acceptors (Lipinski definition) is 2. The Morgan fingerprint density at radius 2 is 2.00 bits per heavy atom. The van der Waals surface area contributed by atoms with Gasteiger partial charge in [-0.3, -0.25) is 9.69 Å². The van der Waals surface area contributed by atoms with Crippen molar-refractivity contribution in [2.24, 2.45) is 0 Å². The van der Waals surface area contributed by atoms with Gasteiger partial charge in [0.25, 0.3) is 0 Å². The summed E-state index contributed by atoms with van der Waals surface area (Å²) in [5.74, 6) is 0.368. The maximum Gasteiger partial charge on any atom is 0.148 e. The molecule has 1 fully saturated rings. The largest absolute Gasteiger partial charge is 0.298 e. The van der Waals surface area contributed by atoms with Crippen molar-refractivity contribution in [3.8, 4) is 0 Å². The van der Waals surface area contributed by atoms with Gasteiger partial charge in [0.05, 0.1) is 6.54 Å². The summed E-state index contributed by atoms with van der Waals surface area (Å²) in [7, 11) is 0. The third-order valence-electron chi connectivity index (χ3n) is 2.89. The van der Waals surface area contributed by atoms with Crippen LogP contribution in [-0.2, 0) is 4.79 Å². The average molecular weight is 189 g/mol. The van der Waals surface area contributed by atoms with Gasteiger partial charge in [0.1, 0.15) is 5.78 Å². The normalized spacial score (nSPS) is 19.9. The van der Waals surface area contributed by atoms with Crippen LogP contribution >= 0.6 is 0 Å². The van der Waals surface area contributed by atoms with Crippen LogP contribution in [0.2, 0.25) is 0 Å². The second kappa shape index (κ2) is 3.93. The molecule has 74 valence electrons. The number of likely N-dealkylation sites (tertiary alicyclic amines) is 1. The number of carbonyl (C=O) groups excluding carboxylic acids is 1. The van der Waals surface area contributed by atoms with Crippen LogP contribution in [0.15, 0.2) is 30.3 Å². The SMILES string of the molecule is C[C@H](c1ccccc1)N1CCC(=O)C1. The zero-order valence-corrected chi connectivity index (χ0v) is 8.44. The van der Waals surface area contributed by atoms with Crippen LogP contribution in [0.4, 0.5) is 0 Å². The molecule has 1 heterocycles. The topological polar surface area (TPSA) is 20.3 Å². The van der Waals surface area contributed by atoms with Gasteiger partial charge in [-0.05, 0) is 12.5 Å². The predicted molar refractivity (Wildman–Crippen MR) is 56.1 cm³/mol. The van der Waals surface area contributed by atoms with E-state index in [0.717, 1.165) is 13.0 Å². The van der Waals surface area contributed by atoms with Gasteiger partial charge in [-0.25, -0.2) is 0 Å². The molecule has 14 heavy (non-hydrogen) atoms. The number of nitrogens with zero attached hydrogens (tertiary/aromatic N) is 1. The summed E-state index contributed by atoms with van der Waals surface area (Å²) in [6, 6.07) is 10.7. The van der Waals surface area contributed by atoms with Gasteiger partial charge < -0.3 is 0 Å². The second-order valence-electron chi connectivity index (χ2n) is 3.85. The molecule has 1 atom stereocenters. The lowest BCUT2D eigenvalue weighted by atomic mass is 10.1. The van der Waals surface area contributed by atoms with E-state index in [1.54, 1.807) is 0 Å². The van der Waals surface area contributed by atoms with E-state index in [4.69, 9.17) is 0 Å². The Labute approximate surface area is 84.5 Å². The lowest BCUT2D eigenvalue weighted by molar-refractivity contribution is -0.117. The molecule has 0 spiro atoms. The fourth-order valence-electron chi connectivity index (χ4n) is 1.93. The van der Waals surface area contributed by atoms with Crippen LogP contribution in [0.3, 0.4) is 0 Å². The molecule has 0 aliphatic carbocycles. The van der Waals surface area contributed by atoms with E-state index in [9.17, 15) is 4.79 Å². The molecule has 0 N–H and O–H groups in total.